The van der Waals surface area contributed by atoms with E-state index in [1.165, 1.54) is 76.3 Å². The van der Waals surface area contributed by atoms with E-state index < -0.39 is 11.7 Å². The molecule has 0 aliphatic heterocycles. The van der Waals surface area contributed by atoms with Crippen molar-refractivity contribution in [1.82, 2.24) is 0 Å². The third-order valence-electron chi connectivity index (χ3n) is 7.36. The molecule has 0 nitrogen and oxygen atoms in total. The summed E-state index contributed by atoms with van der Waals surface area (Å²) in [6, 6.07) is 5.60. The van der Waals surface area contributed by atoms with Crippen LogP contribution >= 0.6 is 0 Å². The van der Waals surface area contributed by atoms with Crippen molar-refractivity contribution in [1.29, 1.82) is 0 Å². The van der Waals surface area contributed by atoms with Crippen LogP contribution in [0.15, 0.2) is 36.4 Å². The molecule has 2 saturated carbocycles. The normalized spacial score (nSPS) is 28.7. The van der Waals surface area contributed by atoms with Gasteiger partial charge in [-0.2, -0.15) is 13.2 Å². The van der Waals surface area contributed by atoms with Crippen molar-refractivity contribution >= 4 is 0 Å². The average Bonchev–Trinajstić information content (AvgIpc) is 2.72. The highest BCUT2D eigenvalue weighted by Gasteiger charge is 2.30. The molecule has 0 saturated heterocycles. The van der Waals surface area contributed by atoms with Crippen LogP contribution in [0.25, 0.3) is 0 Å². The average molecular weight is 407 g/mol. The number of halogens is 3. The highest BCUT2D eigenvalue weighted by atomic mass is 19.4. The van der Waals surface area contributed by atoms with Crippen LogP contribution in [0.2, 0.25) is 0 Å². The first-order chi connectivity index (χ1) is 14.0. The maximum Gasteiger partial charge on any atom is 0.416 e. The Bertz CT molecular complexity index is 612. The zero-order valence-electron chi connectivity index (χ0n) is 17.9. The van der Waals surface area contributed by atoms with Crippen LogP contribution in [0.5, 0.6) is 0 Å². The Balaban J connectivity index is 1.34. The number of hydrogen-bond donors (Lipinski definition) is 0. The highest BCUT2D eigenvalue weighted by Crippen LogP contribution is 2.42. The van der Waals surface area contributed by atoms with E-state index in [4.69, 9.17) is 0 Å². The van der Waals surface area contributed by atoms with Gasteiger partial charge < -0.3 is 0 Å². The molecule has 1 aromatic rings. The Morgan fingerprint density at radius 2 is 1.45 bits per heavy atom. The Morgan fingerprint density at radius 3 is 2.00 bits per heavy atom. The number of aryl methyl sites for hydroxylation is 1. The van der Waals surface area contributed by atoms with Gasteiger partial charge in [-0.1, -0.05) is 56.9 Å². The molecule has 3 rings (SSSR count). The smallest absolute Gasteiger partial charge is 0.166 e. The predicted octanol–water partition coefficient (Wildman–Crippen LogP) is 8.61. The van der Waals surface area contributed by atoms with Gasteiger partial charge in [-0.3, -0.25) is 0 Å². The van der Waals surface area contributed by atoms with Crippen molar-refractivity contribution in [2.75, 3.05) is 0 Å². The molecular weight excluding hydrogens is 369 g/mol. The van der Waals surface area contributed by atoms with Crippen molar-refractivity contribution in [3.05, 3.63) is 47.5 Å². The molecular formula is C26H37F3. The molecule has 0 radical (unpaired) electrons. The first-order valence-corrected chi connectivity index (χ1v) is 11.8. The molecule has 2 fully saturated rings. The lowest BCUT2D eigenvalue weighted by Crippen LogP contribution is -2.25. The summed E-state index contributed by atoms with van der Waals surface area (Å²) in [4.78, 5) is 0. The van der Waals surface area contributed by atoms with Gasteiger partial charge in [0.25, 0.3) is 0 Å². The van der Waals surface area contributed by atoms with Gasteiger partial charge in [-0.25, -0.2) is 0 Å². The molecule has 0 bridgehead atoms. The third-order valence-corrected chi connectivity index (χ3v) is 7.36. The van der Waals surface area contributed by atoms with Crippen LogP contribution in [0, 0.1) is 23.7 Å². The standard InChI is InChI=1S/C26H37F3/c1-2-5-20-8-14-23(15-9-20)24-16-10-21(11-17-24)6-3-4-7-22-12-18-25(19-13-22)26(27,28)29/h3,6,12-13,18-21,23-24H,2,4-5,7-11,14-17H2,1H3/b6-3+/t20-,21?,23-,24?. The number of rotatable bonds is 7. The molecule has 0 heterocycles. The second-order valence-corrected chi connectivity index (χ2v) is 9.41. The molecule has 1 aromatic carbocycles. The molecule has 0 aromatic heterocycles. The number of allylic oxidation sites excluding steroid dienone is 2. The Labute approximate surface area is 175 Å². The van der Waals surface area contributed by atoms with Gasteiger partial charge >= 0.3 is 6.18 Å². The monoisotopic (exact) mass is 406 g/mol. The molecule has 2 aliphatic carbocycles. The van der Waals surface area contributed by atoms with Crippen molar-refractivity contribution in [2.45, 2.75) is 90.1 Å². The van der Waals surface area contributed by atoms with Crippen LogP contribution in [0.3, 0.4) is 0 Å². The second-order valence-electron chi connectivity index (χ2n) is 9.41. The Morgan fingerprint density at radius 1 is 0.862 bits per heavy atom. The van der Waals surface area contributed by atoms with E-state index in [1.54, 1.807) is 12.1 Å². The zero-order valence-corrected chi connectivity index (χ0v) is 17.9. The van der Waals surface area contributed by atoms with Gasteiger partial charge in [0.05, 0.1) is 5.56 Å². The molecule has 0 amide bonds. The third kappa shape index (κ3) is 6.89. The van der Waals surface area contributed by atoms with Crippen LogP contribution in [-0.2, 0) is 12.6 Å². The second kappa shape index (κ2) is 10.7. The molecule has 3 heteroatoms. The van der Waals surface area contributed by atoms with E-state index in [0.29, 0.717) is 5.92 Å². The van der Waals surface area contributed by atoms with Gasteiger partial charge in [-0.05, 0) is 92.7 Å². The van der Waals surface area contributed by atoms with E-state index in [1.807, 2.05) is 0 Å². The van der Waals surface area contributed by atoms with Crippen molar-refractivity contribution in [3.63, 3.8) is 0 Å². The quantitative estimate of drug-likeness (QED) is 0.398. The lowest BCUT2D eigenvalue weighted by molar-refractivity contribution is -0.137. The fourth-order valence-corrected chi connectivity index (χ4v) is 5.56. The molecule has 162 valence electrons. The first kappa shape index (κ1) is 22.4. The number of alkyl halides is 3. The summed E-state index contributed by atoms with van der Waals surface area (Å²) in [6.07, 6.45) is 16.1. The minimum absolute atomic E-state index is 0.563. The minimum Gasteiger partial charge on any atom is -0.166 e. The maximum atomic E-state index is 12.6. The van der Waals surface area contributed by atoms with Crippen molar-refractivity contribution in [3.8, 4) is 0 Å². The van der Waals surface area contributed by atoms with E-state index in [0.717, 1.165) is 36.2 Å². The van der Waals surface area contributed by atoms with Gasteiger partial charge in [0.1, 0.15) is 0 Å². The van der Waals surface area contributed by atoms with Crippen molar-refractivity contribution < 1.29 is 13.2 Å². The summed E-state index contributed by atoms with van der Waals surface area (Å²) in [5.41, 5.74) is 0.414. The summed E-state index contributed by atoms with van der Waals surface area (Å²) in [5.74, 6) is 3.64. The van der Waals surface area contributed by atoms with Gasteiger partial charge in [0.15, 0.2) is 0 Å². The van der Waals surface area contributed by atoms with Crippen LogP contribution in [-0.4, -0.2) is 0 Å². The topological polar surface area (TPSA) is 0 Å². The predicted molar refractivity (Wildman–Crippen MR) is 115 cm³/mol. The highest BCUT2D eigenvalue weighted by molar-refractivity contribution is 5.24. The minimum atomic E-state index is -4.24. The fraction of sp³-hybridized carbons (Fsp3) is 0.692. The summed E-state index contributed by atoms with van der Waals surface area (Å²) >= 11 is 0. The van der Waals surface area contributed by atoms with Crippen molar-refractivity contribution in [2.24, 2.45) is 23.7 Å². The van der Waals surface area contributed by atoms with Crippen LogP contribution < -0.4 is 0 Å². The summed E-state index contributed by atoms with van der Waals surface area (Å²) < 4.78 is 37.8. The molecule has 0 unspecified atom stereocenters. The Kier molecular flexibility index (Phi) is 8.26. The van der Waals surface area contributed by atoms with E-state index in [-0.39, 0.29) is 0 Å². The summed E-state index contributed by atoms with van der Waals surface area (Å²) in [5, 5.41) is 0. The fourth-order valence-electron chi connectivity index (χ4n) is 5.56. The van der Waals surface area contributed by atoms with E-state index >= 15 is 0 Å². The lowest BCUT2D eigenvalue weighted by atomic mass is 9.68. The maximum absolute atomic E-state index is 12.6. The summed E-state index contributed by atoms with van der Waals surface area (Å²) in [6.45, 7) is 2.31. The molecule has 0 N–H and O–H groups in total. The summed E-state index contributed by atoms with van der Waals surface area (Å²) in [7, 11) is 0. The van der Waals surface area contributed by atoms with Gasteiger partial charge in [0, 0.05) is 0 Å². The van der Waals surface area contributed by atoms with E-state index in [9.17, 15) is 13.2 Å². The van der Waals surface area contributed by atoms with Crippen LogP contribution in [0.1, 0.15) is 88.7 Å². The zero-order chi connectivity index (χ0) is 20.7. The SMILES string of the molecule is CCC[C@H]1CC[C@H](C2CCC(/C=C/CCc3ccc(C(F)(F)F)cc3)CC2)CC1. The van der Waals surface area contributed by atoms with Crippen LogP contribution in [0.4, 0.5) is 13.2 Å². The Hall–Kier alpha value is -1.25. The number of hydrogen-bond acceptors (Lipinski definition) is 0. The molecule has 0 spiro atoms. The lowest BCUT2D eigenvalue weighted by Gasteiger charge is -2.37. The van der Waals surface area contributed by atoms with Gasteiger partial charge in [-0.15, -0.1) is 0 Å². The first-order valence-electron chi connectivity index (χ1n) is 11.8. The van der Waals surface area contributed by atoms with Gasteiger partial charge in [0.2, 0.25) is 0 Å². The molecule has 29 heavy (non-hydrogen) atoms. The molecule has 2 aliphatic rings. The van der Waals surface area contributed by atoms with E-state index in [2.05, 4.69) is 19.1 Å². The number of benzene rings is 1. The molecule has 0 atom stereocenters. The largest absolute Gasteiger partial charge is 0.416 e.